The van der Waals surface area contributed by atoms with Gasteiger partial charge in [0.15, 0.2) is 0 Å². The summed E-state index contributed by atoms with van der Waals surface area (Å²) in [6.45, 7) is 7.65. The second-order valence-corrected chi connectivity index (χ2v) is 10.1. The van der Waals surface area contributed by atoms with Crippen LogP contribution in [0.1, 0.15) is 36.0 Å². The lowest BCUT2D eigenvalue weighted by Gasteiger charge is -2.09. The average Bonchev–Trinajstić information content (AvgIpc) is 3.09. The van der Waals surface area contributed by atoms with Crippen LogP contribution in [-0.4, -0.2) is 37.7 Å². The monoisotopic (exact) mass is 620 g/mol. The van der Waals surface area contributed by atoms with Gasteiger partial charge in [0.1, 0.15) is 30.5 Å². The van der Waals surface area contributed by atoms with E-state index < -0.39 is 11.9 Å². The molecule has 8 nitrogen and oxygen atoms in total. The summed E-state index contributed by atoms with van der Waals surface area (Å²) in [4.78, 5) is 35.1. The fraction of sp³-hybridized carbons (Fsp3) is 0.184. The minimum atomic E-state index is -0.474. The first-order valence-electron chi connectivity index (χ1n) is 14.9. The van der Waals surface area contributed by atoms with Gasteiger partial charge in [0.2, 0.25) is 0 Å². The zero-order chi connectivity index (χ0) is 32.6. The summed E-state index contributed by atoms with van der Waals surface area (Å²) in [5.74, 6) is 0.581. The highest BCUT2D eigenvalue weighted by molar-refractivity contribution is 5.91. The zero-order valence-corrected chi connectivity index (χ0v) is 25.5. The predicted molar refractivity (Wildman–Crippen MR) is 176 cm³/mol. The Morgan fingerprint density at radius 3 is 1.61 bits per heavy atom. The van der Waals surface area contributed by atoms with Crippen LogP contribution in [0.25, 0.3) is 22.3 Å². The van der Waals surface area contributed by atoms with Gasteiger partial charge in [0, 0.05) is 12.5 Å². The quantitative estimate of drug-likeness (QED) is 0.0385. The average molecular weight is 621 g/mol. The molecule has 8 heteroatoms. The van der Waals surface area contributed by atoms with Crippen molar-refractivity contribution in [2.24, 2.45) is 0 Å². The molecule has 4 rings (SSSR count). The molecule has 0 fully saturated rings. The molecule has 0 aliphatic rings. The minimum Gasteiger partial charge on any atom is -0.494 e. The Morgan fingerprint density at radius 2 is 1.07 bits per heavy atom. The van der Waals surface area contributed by atoms with E-state index in [4.69, 9.17) is 18.9 Å². The van der Waals surface area contributed by atoms with Crippen molar-refractivity contribution in [3.63, 3.8) is 0 Å². The standard InChI is InChI=1S/C38H36O8/c1-3-36(39)45-27-26-44-34-19-13-30(14-20-34)28-9-11-29(12-10-28)31-15-23-35(24-16-31)46-38(41)32-17-21-33(22-18-32)43-25-7-5-6-8-37(40)42-4-2/h3-4,9-24H,1-2,5-8,25-27H2. The number of carbonyl (C=O) groups is 3. The highest BCUT2D eigenvalue weighted by Gasteiger charge is 2.10. The van der Waals surface area contributed by atoms with E-state index in [1.54, 1.807) is 36.4 Å². The van der Waals surface area contributed by atoms with Crippen molar-refractivity contribution in [3.8, 4) is 39.5 Å². The van der Waals surface area contributed by atoms with Crippen molar-refractivity contribution in [1.82, 2.24) is 0 Å². The Kier molecular flexibility index (Phi) is 12.7. The Bertz CT molecular complexity index is 1590. The summed E-state index contributed by atoms with van der Waals surface area (Å²) in [7, 11) is 0. The summed E-state index contributed by atoms with van der Waals surface area (Å²) in [5.41, 5.74) is 4.53. The summed E-state index contributed by atoms with van der Waals surface area (Å²) in [5, 5.41) is 0. The molecule has 0 heterocycles. The number of esters is 3. The molecular formula is C38H36O8. The number of carbonyl (C=O) groups excluding carboxylic acids is 3. The van der Waals surface area contributed by atoms with Gasteiger partial charge in [-0.25, -0.2) is 9.59 Å². The fourth-order valence-corrected chi connectivity index (χ4v) is 4.42. The molecule has 0 bridgehead atoms. The molecule has 0 unspecified atom stereocenters. The van der Waals surface area contributed by atoms with Crippen LogP contribution in [0.4, 0.5) is 0 Å². The number of ether oxygens (including phenoxy) is 5. The van der Waals surface area contributed by atoms with Crippen molar-refractivity contribution in [3.05, 3.63) is 128 Å². The van der Waals surface area contributed by atoms with Gasteiger partial charge < -0.3 is 23.7 Å². The van der Waals surface area contributed by atoms with E-state index in [0.717, 1.165) is 53.9 Å². The van der Waals surface area contributed by atoms with Gasteiger partial charge in [-0.15, -0.1) is 0 Å². The van der Waals surface area contributed by atoms with Gasteiger partial charge >= 0.3 is 17.9 Å². The summed E-state index contributed by atoms with van der Waals surface area (Å²) in [6.07, 6.45) is 4.98. The van der Waals surface area contributed by atoms with Crippen LogP contribution in [0, 0.1) is 0 Å². The molecular weight excluding hydrogens is 584 g/mol. The molecule has 4 aromatic rings. The highest BCUT2D eigenvalue weighted by atomic mass is 16.6. The molecule has 0 atom stereocenters. The first-order valence-corrected chi connectivity index (χ1v) is 14.9. The summed E-state index contributed by atoms with van der Waals surface area (Å²) >= 11 is 0. The molecule has 4 aromatic carbocycles. The molecule has 0 aromatic heterocycles. The van der Waals surface area contributed by atoms with E-state index in [2.05, 4.69) is 17.9 Å². The predicted octanol–water partition coefficient (Wildman–Crippen LogP) is 7.97. The lowest BCUT2D eigenvalue weighted by molar-refractivity contribution is -0.139. The maximum Gasteiger partial charge on any atom is 0.343 e. The Morgan fingerprint density at radius 1 is 0.565 bits per heavy atom. The van der Waals surface area contributed by atoms with Gasteiger partial charge in [-0.3, -0.25) is 4.79 Å². The van der Waals surface area contributed by atoms with Crippen molar-refractivity contribution < 1.29 is 38.1 Å². The largest absolute Gasteiger partial charge is 0.494 e. The maximum absolute atomic E-state index is 12.7. The van der Waals surface area contributed by atoms with Gasteiger partial charge in [-0.1, -0.05) is 61.7 Å². The molecule has 0 amide bonds. The number of unbranched alkanes of at least 4 members (excludes halogenated alkanes) is 2. The van der Waals surface area contributed by atoms with E-state index in [1.165, 1.54) is 0 Å². The fourth-order valence-electron chi connectivity index (χ4n) is 4.42. The molecule has 0 N–H and O–H groups in total. The van der Waals surface area contributed by atoms with E-state index >= 15 is 0 Å². The summed E-state index contributed by atoms with van der Waals surface area (Å²) in [6, 6.07) is 30.0. The smallest absolute Gasteiger partial charge is 0.343 e. The maximum atomic E-state index is 12.7. The van der Waals surface area contributed by atoms with Crippen LogP contribution in [0.3, 0.4) is 0 Å². The zero-order valence-electron chi connectivity index (χ0n) is 25.5. The second-order valence-electron chi connectivity index (χ2n) is 10.1. The summed E-state index contributed by atoms with van der Waals surface area (Å²) < 4.78 is 26.5. The van der Waals surface area contributed by atoms with Gasteiger partial charge in [-0.05, 0) is 90.0 Å². The van der Waals surface area contributed by atoms with Crippen LogP contribution in [0.15, 0.2) is 123 Å². The van der Waals surface area contributed by atoms with Gasteiger partial charge in [-0.2, -0.15) is 0 Å². The molecule has 0 aliphatic carbocycles. The molecule has 236 valence electrons. The number of hydrogen-bond donors (Lipinski definition) is 0. The normalized spacial score (nSPS) is 10.3. The van der Waals surface area contributed by atoms with E-state index in [1.807, 2.05) is 60.7 Å². The Labute approximate surface area is 268 Å². The van der Waals surface area contributed by atoms with E-state index in [-0.39, 0.29) is 19.2 Å². The van der Waals surface area contributed by atoms with Gasteiger partial charge in [0.25, 0.3) is 0 Å². The minimum absolute atomic E-state index is 0.157. The number of benzene rings is 4. The topological polar surface area (TPSA) is 97.4 Å². The number of rotatable bonds is 17. The molecule has 0 saturated carbocycles. The van der Waals surface area contributed by atoms with Crippen LogP contribution in [0.5, 0.6) is 17.2 Å². The molecule has 0 radical (unpaired) electrons. The van der Waals surface area contributed by atoms with Crippen molar-refractivity contribution in [1.29, 1.82) is 0 Å². The van der Waals surface area contributed by atoms with Crippen LogP contribution in [0.2, 0.25) is 0 Å². The Hall–Kier alpha value is -5.63. The first-order chi connectivity index (χ1) is 22.4. The number of hydrogen-bond acceptors (Lipinski definition) is 8. The van der Waals surface area contributed by atoms with Crippen LogP contribution >= 0.6 is 0 Å². The molecule has 46 heavy (non-hydrogen) atoms. The lowest BCUT2D eigenvalue weighted by atomic mass is 10.0. The van der Waals surface area contributed by atoms with Crippen molar-refractivity contribution in [2.45, 2.75) is 25.7 Å². The molecule has 0 spiro atoms. The SMILES string of the molecule is C=COC(=O)CCCCCOc1ccc(C(=O)Oc2ccc(-c3ccc(-c4ccc(OCCOC(=O)C=C)cc4)cc3)cc2)cc1. The van der Waals surface area contributed by atoms with Gasteiger partial charge in [0.05, 0.1) is 18.4 Å². The highest BCUT2D eigenvalue weighted by Crippen LogP contribution is 2.28. The van der Waals surface area contributed by atoms with Crippen LogP contribution in [-0.2, 0) is 19.1 Å². The lowest BCUT2D eigenvalue weighted by Crippen LogP contribution is -2.10. The molecule has 0 saturated heterocycles. The third-order valence-corrected chi connectivity index (χ3v) is 6.83. The Balaban J connectivity index is 1.21. The third-order valence-electron chi connectivity index (χ3n) is 6.83. The van der Waals surface area contributed by atoms with Crippen molar-refractivity contribution >= 4 is 17.9 Å². The van der Waals surface area contributed by atoms with E-state index in [0.29, 0.717) is 35.8 Å². The first kappa shape index (κ1) is 33.3. The second kappa shape index (κ2) is 17.6. The van der Waals surface area contributed by atoms with Crippen LogP contribution < -0.4 is 14.2 Å². The molecule has 0 aliphatic heterocycles. The van der Waals surface area contributed by atoms with E-state index in [9.17, 15) is 14.4 Å². The van der Waals surface area contributed by atoms with Crippen molar-refractivity contribution in [2.75, 3.05) is 19.8 Å². The third kappa shape index (κ3) is 10.5.